The molecule has 2 rings (SSSR count). The zero-order valence-electron chi connectivity index (χ0n) is 11.5. The molecule has 3 N–H and O–H groups in total. The molecule has 20 heavy (non-hydrogen) atoms. The molecule has 0 spiro atoms. The van der Waals surface area contributed by atoms with Gasteiger partial charge in [0, 0.05) is 12.0 Å². The molecule has 0 amide bonds. The number of rotatable bonds is 4. The molecule has 0 saturated carbocycles. The fourth-order valence-corrected chi connectivity index (χ4v) is 1.58. The molecule has 0 aliphatic rings. The lowest BCUT2D eigenvalue weighted by Crippen LogP contribution is -2.15. The Bertz CT molecular complexity index is 624. The molecule has 9 heteroatoms. The monoisotopic (exact) mass is 280 g/mol. The molecule has 0 aliphatic heterocycles. The number of carboxylic acids is 1. The van der Waals surface area contributed by atoms with E-state index in [4.69, 9.17) is 15.4 Å². The van der Waals surface area contributed by atoms with Gasteiger partial charge in [-0.2, -0.15) is 4.98 Å². The second-order valence-electron chi connectivity index (χ2n) is 5.31. The maximum atomic E-state index is 11.0. The van der Waals surface area contributed by atoms with Crippen LogP contribution in [0.15, 0.2) is 4.52 Å². The van der Waals surface area contributed by atoms with Crippen LogP contribution in [0.2, 0.25) is 0 Å². The molecule has 2 heterocycles. The summed E-state index contributed by atoms with van der Waals surface area (Å²) in [6, 6.07) is 0. The van der Waals surface area contributed by atoms with Gasteiger partial charge < -0.3 is 15.4 Å². The van der Waals surface area contributed by atoms with Crippen molar-refractivity contribution in [3.63, 3.8) is 0 Å². The number of aromatic nitrogens is 5. The average Bonchev–Trinajstić information content (AvgIpc) is 2.95. The normalized spacial score (nSPS) is 11.8. The minimum atomic E-state index is -1.17. The molecule has 108 valence electrons. The number of aromatic carboxylic acids is 1. The standard InChI is InChI=1S/C11H16N6O3/c1-11(2,3)10-13-7(20-15-10)5-17-6(4-12)8(9(18)19)14-16-17/h4-5,12H2,1-3H3,(H,18,19). The van der Waals surface area contributed by atoms with Crippen molar-refractivity contribution in [2.75, 3.05) is 0 Å². The van der Waals surface area contributed by atoms with Gasteiger partial charge in [0.15, 0.2) is 11.5 Å². The Kier molecular flexibility index (Phi) is 3.53. The molecule has 0 atom stereocenters. The van der Waals surface area contributed by atoms with Gasteiger partial charge in [-0.25, -0.2) is 9.48 Å². The van der Waals surface area contributed by atoms with Gasteiger partial charge in [-0.05, 0) is 0 Å². The van der Waals surface area contributed by atoms with Crippen molar-refractivity contribution < 1.29 is 14.4 Å². The SMILES string of the molecule is CC(C)(C)c1noc(Cn2nnc(C(=O)O)c2CN)n1. The van der Waals surface area contributed by atoms with E-state index in [1.54, 1.807) is 0 Å². The summed E-state index contributed by atoms with van der Waals surface area (Å²) in [6.45, 7) is 6.03. The van der Waals surface area contributed by atoms with E-state index in [-0.39, 0.29) is 24.2 Å². The Balaban J connectivity index is 2.26. The number of nitrogens with two attached hydrogens (primary N) is 1. The van der Waals surface area contributed by atoms with E-state index < -0.39 is 5.97 Å². The minimum absolute atomic E-state index is 0.00883. The van der Waals surface area contributed by atoms with Crippen molar-refractivity contribution >= 4 is 5.97 Å². The Morgan fingerprint density at radius 3 is 2.65 bits per heavy atom. The lowest BCUT2D eigenvalue weighted by molar-refractivity contribution is 0.0689. The maximum Gasteiger partial charge on any atom is 0.358 e. The molecule has 9 nitrogen and oxygen atoms in total. The third-order valence-corrected chi connectivity index (χ3v) is 2.66. The Morgan fingerprint density at radius 1 is 1.45 bits per heavy atom. The summed E-state index contributed by atoms with van der Waals surface area (Å²) in [4.78, 5) is 15.2. The third kappa shape index (κ3) is 2.67. The second-order valence-corrected chi connectivity index (χ2v) is 5.31. The highest BCUT2D eigenvalue weighted by Crippen LogP contribution is 2.18. The van der Waals surface area contributed by atoms with Gasteiger partial charge in [-0.1, -0.05) is 31.1 Å². The van der Waals surface area contributed by atoms with E-state index in [0.29, 0.717) is 17.4 Å². The van der Waals surface area contributed by atoms with Gasteiger partial charge in [0.1, 0.15) is 6.54 Å². The predicted octanol–water partition coefficient (Wildman–Crippen LogP) is 0.164. The molecular weight excluding hydrogens is 264 g/mol. The summed E-state index contributed by atoms with van der Waals surface area (Å²) in [5, 5.41) is 20.2. The first kappa shape index (κ1) is 14.1. The molecule has 0 fully saturated rings. The Morgan fingerprint density at radius 2 is 2.15 bits per heavy atom. The zero-order chi connectivity index (χ0) is 14.9. The molecule has 0 saturated heterocycles. The van der Waals surface area contributed by atoms with E-state index >= 15 is 0 Å². The summed E-state index contributed by atoms with van der Waals surface area (Å²) >= 11 is 0. The highest BCUT2D eigenvalue weighted by Gasteiger charge is 2.23. The number of hydrogen-bond donors (Lipinski definition) is 2. The van der Waals surface area contributed by atoms with Crippen LogP contribution < -0.4 is 5.73 Å². The maximum absolute atomic E-state index is 11.0. The van der Waals surface area contributed by atoms with Crippen LogP contribution in [0.4, 0.5) is 0 Å². The van der Waals surface area contributed by atoms with E-state index in [9.17, 15) is 4.79 Å². The highest BCUT2D eigenvalue weighted by atomic mass is 16.5. The van der Waals surface area contributed by atoms with E-state index in [0.717, 1.165) is 0 Å². The quantitative estimate of drug-likeness (QED) is 0.809. The van der Waals surface area contributed by atoms with Crippen molar-refractivity contribution in [1.29, 1.82) is 0 Å². The van der Waals surface area contributed by atoms with Gasteiger partial charge in [0.2, 0.25) is 5.89 Å². The third-order valence-electron chi connectivity index (χ3n) is 2.66. The largest absolute Gasteiger partial charge is 0.476 e. The van der Waals surface area contributed by atoms with Gasteiger partial charge in [0.05, 0.1) is 5.69 Å². The molecule has 0 bridgehead atoms. The number of nitrogens with zero attached hydrogens (tertiary/aromatic N) is 5. The second kappa shape index (κ2) is 5.00. The van der Waals surface area contributed by atoms with Gasteiger partial charge in [-0.15, -0.1) is 5.10 Å². The van der Waals surface area contributed by atoms with Crippen LogP contribution in [0, 0.1) is 0 Å². The average molecular weight is 280 g/mol. The van der Waals surface area contributed by atoms with Crippen LogP contribution in [-0.2, 0) is 18.5 Å². The number of carboxylic acid groups (broad SMARTS) is 1. The van der Waals surface area contributed by atoms with Crippen molar-refractivity contribution in [2.45, 2.75) is 39.3 Å². The van der Waals surface area contributed by atoms with E-state index in [1.165, 1.54) is 4.68 Å². The van der Waals surface area contributed by atoms with Crippen molar-refractivity contribution in [1.82, 2.24) is 25.1 Å². The van der Waals surface area contributed by atoms with Crippen molar-refractivity contribution in [3.05, 3.63) is 23.1 Å². The first-order chi connectivity index (χ1) is 9.32. The molecular formula is C11H16N6O3. The predicted molar refractivity (Wildman–Crippen MR) is 67.0 cm³/mol. The summed E-state index contributed by atoms with van der Waals surface area (Å²) in [7, 11) is 0. The highest BCUT2D eigenvalue weighted by molar-refractivity contribution is 5.86. The lowest BCUT2D eigenvalue weighted by atomic mass is 9.96. The molecule has 2 aromatic rings. The molecule has 0 aliphatic carbocycles. The van der Waals surface area contributed by atoms with Crippen LogP contribution in [0.1, 0.15) is 48.7 Å². The first-order valence-electron chi connectivity index (χ1n) is 6.01. The smallest absolute Gasteiger partial charge is 0.358 e. The fourth-order valence-electron chi connectivity index (χ4n) is 1.58. The molecule has 0 unspecified atom stereocenters. The fraction of sp³-hybridized carbons (Fsp3) is 0.545. The van der Waals surface area contributed by atoms with Crippen LogP contribution in [0.3, 0.4) is 0 Å². The Labute approximate surface area is 114 Å². The summed E-state index contributed by atoms with van der Waals surface area (Å²) in [5.74, 6) is -0.274. The zero-order valence-corrected chi connectivity index (χ0v) is 11.5. The van der Waals surface area contributed by atoms with Gasteiger partial charge >= 0.3 is 5.97 Å². The topological polar surface area (TPSA) is 133 Å². The lowest BCUT2D eigenvalue weighted by Gasteiger charge is -2.10. The number of hydrogen-bond acceptors (Lipinski definition) is 7. The first-order valence-corrected chi connectivity index (χ1v) is 6.01. The summed E-state index contributed by atoms with van der Waals surface area (Å²) in [6.07, 6.45) is 0. The van der Waals surface area contributed by atoms with Crippen LogP contribution in [0.5, 0.6) is 0 Å². The van der Waals surface area contributed by atoms with E-state index in [2.05, 4.69) is 20.5 Å². The van der Waals surface area contributed by atoms with Crippen LogP contribution in [0.25, 0.3) is 0 Å². The molecule has 0 radical (unpaired) electrons. The molecule has 0 aromatic carbocycles. The van der Waals surface area contributed by atoms with Crippen LogP contribution in [-0.4, -0.2) is 36.2 Å². The summed E-state index contributed by atoms with van der Waals surface area (Å²) in [5.41, 5.74) is 5.45. The van der Waals surface area contributed by atoms with Crippen molar-refractivity contribution in [3.8, 4) is 0 Å². The van der Waals surface area contributed by atoms with E-state index in [1.807, 2.05) is 20.8 Å². The van der Waals surface area contributed by atoms with Gasteiger partial charge in [0.25, 0.3) is 0 Å². The Hall–Kier alpha value is -2.29. The van der Waals surface area contributed by atoms with Crippen LogP contribution >= 0.6 is 0 Å². The minimum Gasteiger partial charge on any atom is -0.476 e. The molecule has 2 aromatic heterocycles. The summed E-state index contributed by atoms with van der Waals surface area (Å²) < 4.78 is 6.48. The van der Waals surface area contributed by atoms with Gasteiger partial charge in [-0.3, -0.25) is 0 Å². The van der Waals surface area contributed by atoms with Crippen molar-refractivity contribution in [2.24, 2.45) is 5.73 Å². The number of carbonyl (C=O) groups is 1.